The smallest absolute Gasteiger partial charge is 0.350 e. The fourth-order valence-corrected chi connectivity index (χ4v) is 1.15. The average molecular weight is 224 g/mol. The quantitative estimate of drug-likeness (QED) is 0.716. The Balaban J connectivity index is 3.01. The van der Waals surface area contributed by atoms with Gasteiger partial charge in [0.1, 0.15) is 5.38 Å². The first-order valence-electron chi connectivity index (χ1n) is 3.53. The lowest BCUT2D eigenvalue weighted by Gasteiger charge is -1.91. The van der Waals surface area contributed by atoms with Crippen LogP contribution < -0.4 is 0 Å². The normalized spacial score (nSPS) is 14.2. The molecule has 0 saturated heterocycles. The number of hydrogen-bond acceptors (Lipinski definition) is 5. The number of alkyl halides is 1. The van der Waals surface area contributed by atoms with Gasteiger partial charge in [-0.1, -0.05) is 5.10 Å². The summed E-state index contributed by atoms with van der Waals surface area (Å²) in [6, 6.07) is 0.0116. The third kappa shape index (κ3) is 3.31. The van der Waals surface area contributed by atoms with E-state index in [9.17, 15) is 4.21 Å². The Labute approximate surface area is 81.7 Å². The summed E-state index contributed by atoms with van der Waals surface area (Å²) in [5.41, 5.74) is 0. The van der Waals surface area contributed by atoms with Crippen molar-refractivity contribution < 1.29 is 8.63 Å². The van der Waals surface area contributed by atoms with Gasteiger partial charge in [0.15, 0.2) is 0 Å². The zero-order valence-corrected chi connectivity index (χ0v) is 9.09. The summed E-state index contributed by atoms with van der Waals surface area (Å²) in [6.07, 6.45) is 2.97. The van der Waals surface area contributed by atoms with E-state index in [4.69, 9.17) is 16.0 Å². The van der Waals surface area contributed by atoms with Crippen molar-refractivity contribution >= 4 is 27.3 Å². The van der Waals surface area contributed by atoms with Crippen molar-refractivity contribution in [2.45, 2.75) is 12.3 Å². The maximum atomic E-state index is 11.2. The van der Waals surface area contributed by atoms with E-state index in [0.717, 1.165) is 0 Å². The standard InChI is InChI=1S/C6H10ClN3O2S/c1-4(7)5-8-9-6(12-5)10-13(2,3)11/h4H,1-3H3. The summed E-state index contributed by atoms with van der Waals surface area (Å²) in [5, 5.41) is 6.85. The molecule has 0 fully saturated rings. The molecule has 0 aliphatic heterocycles. The van der Waals surface area contributed by atoms with Gasteiger partial charge in [-0.15, -0.1) is 21.1 Å². The molecule has 0 N–H and O–H groups in total. The van der Waals surface area contributed by atoms with Crippen LogP contribution in [0.2, 0.25) is 0 Å². The van der Waals surface area contributed by atoms with Gasteiger partial charge >= 0.3 is 6.01 Å². The summed E-state index contributed by atoms with van der Waals surface area (Å²) in [6.45, 7) is 1.70. The van der Waals surface area contributed by atoms with Crippen LogP contribution >= 0.6 is 11.6 Å². The molecule has 1 aromatic rings. The summed E-state index contributed by atoms with van der Waals surface area (Å²) in [7, 11) is -2.25. The van der Waals surface area contributed by atoms with Gasteiger partial charge in [-0.3, -0.25) is 0 Å². The highest BCUT2D eigenvalue weighted by atomic mass is 35.5. The third-order valence-corrected chi connectivity index (χ3v) is 1.85. The van der Waals surface area contributed by atoms with Gasteiger partial charge in [-0.25, -0.2) is 4.21 Å². The van der Waals surface area contributed by atoms with E-state index < -0.39 is 9.73 Å². The van der Waals surface area contributed by atoms with Crippen LogP contribution in [-0.2, 0) is 9.73 Å². The van der Waals surface area contributed by atoms with E-state index in [1.165, 1.54) is 12.5 Å². The van der Waals surface area contributed by atoms with Crippen molar-refractivity contribution in [2.75, 3.05) is 12.5 Å². The van der Waals surface area contributed by atoms with Crippen molar-refractivity contribution in [1.29, 1.82) is 0 Å². The molecule has 74 valence electrons. The summed E-state index contributed by atoms with van der Waals surface area (Å²) >= 11 is 5.68. The molecule has 0 bridgehead atoms. The van der Waals surface area contributed by atoms with Gasteiger partial charge in [0.05, 0.1) is 9.73 Å². The van der Waals surface area contributed by atoms with Crippen LogP contribution in [0.15, 0.2) is 8.78 Å². The first kappa shape index (κ1) is 10.5. The van der Waals surface area contributed by atoms with Crippen LogP contribution in [0.25, 0.3) is 0 Å². The fraction of sp³-hybridized carbons (Fsp3) is 0.667. The molecule has 1 atom stereocenters. The molecular weight excluding hydrogens is 214 g/mol. The molecule has 0 radical (unpaired) electrons. The lowest BCUT2D eigenvalue weighted by molar-refractivity contribution is 0.505. The van der Waals surface area contributed by atoms with E-state index in [1.54, 1.807) is 6.92 Å². The number of hydrogen-bond donors (Lipinski definition) is 0. The summed E-state index contributed by atoms with van der Waals surface area (Å²) in [5.74, 6) is 0.282. The van der Waals surface area contributed by atoms with E-state index in [-0.39, 0.29) is 17.3 Å². The minimum atomic E-state index is -2.25. The first-order chi connectivity index (χ1) is 5.88. The lowest BCUT2D eigenvalue weighted by atomic mass is 10.5. The Morgan fingerprint density at radius 3 is 2.54 bits per heavy atom. The molecule has 0 amide bonds. The van der Waals surface area contributed by atoms with Crippen molar-refractivity contribution in [2.24, 2.45) is 4.36 Å². The summed E-state index contributed by atoms with van der Waals surface area (Å²) in [4.78, 5) is 0. The molecule has 0 spiro atoms. The Morgan fingerprint density at radius 2 is 2.15 bits per heavy atom. The second-order valence-electron chi connectivity index (χ2n) is 2.81. The predicted octanol–water partition coefficient (Wildman–Crippen LogP) is 1.73. The Morgan fingerprint density at radius 1 is 1.54 bits per heavy atom. The van der Waals surface area contributed by atoms with Crippen molar-refractivity contribution in [3.05, 3.63) is 5.89 Å². The number of nitrogens with zero attached hydrogens (tertiary/aromatic N) is 3. The molecule has 13 heavy (non-hydrogen) atoms. The molecule has 7 heteroatoms. The third-order valence-electron chi connectivity index (χ3n) is 1.07. The largest absolute Gasteiger partial charge is 0.404 e. The lowest BCUT2D eigenvalue weighted by Crippen LogP contribution is -1.88. The highest BCUT2D eigenvalue weighted by molar-refractivity contribution is 7.92. The molecule has 0 aliphatic rings. The van der Waals surface area contributed by atoms with Crippen molar-refractivity contribution in [1.82, 2.24) is 10.2 Å². The predicted molar refractivity (Wildman–Crippen MR) is 50.6 cm³/mol. The van der Waals surface area contributed by atoms with E-state index in [1.807, 2.05) is 0 Å². The highest BCUT2D eigenvalue weighted by Gasteiger charge is 2.10. The van der Waals surface area contributed by atoms with Crippen molar-refractivity contribution in [3.8, 4) is 0 Å². The second-order valence-corrected chi connectivity index (χ2v) is 6.01. The highest BCUT2D eigenvalue weighted by Crippen LogP contribution is 2.21. The fourth-order valence-electron chi connectivity index (χ4n) is 0.612. The van der Waals surface area contributed by atoms with Crippen LogP contribution in [0.4, 0.5) is 6.01 Å². The molecular formula is C6H10ClN3O2S. The zero-order valence-electron chi connectivity index (χ0n) is 7.52. The first-order valence-corrected chi connectivity index (χ1v) is 6.30. The van der Waals surface area contributed by atoms with Crippen LogP contribution in [0.5, 0.6) is 0 Å². The molecule has 5 nitrogen and oxygen atoms in total. The minimum Gasteiger partial charge on any atom is -0.404 e. The Hall–Kier alpha value is -0.620. The second kappa shape index (κ2) is 3.63. The van der Waals surface area contributed by atoms with Gasteiger partial charge in [0.2, 0.25) is 5.89 Å². The maximum absolute atomic E-state index is 11.2. The number of aromatic nitrogens is 2. The molecule has 1 heterocycles. The SMILES string of the molecule is CC(Cl)c1nnc(N=S(C)(C)=O)o1. The monoisotopic (exact) mass is 223 g/mol. The molecule has 1 unspecified atom stereocenters. The van der Waals surface area contributed by atoms with Crippen LogP contribution in [0.3, 0.4) is 0 Å². The van der Waals surface area contributed by atoms with E-state index in [2.05, 4.69) is 14.6 Å². The topological polar surface area (TPSA) is 68.3 Å². The van der Waals surface area contributed by atoms with Gasteiger partial charge < -0.3 is 4.42 Å². The van der Waals surface area contributed by atoms with Gasteiger partial charge in [-0.2, -0.15) is 0 Å². The maximum Gasteiger partial charge on any atom is 0.350 e. The summed E-state index contributed by atoms with van der Waals surface area (Å²) < 4.78 is 20.0. The number of halogens is 1. The molecule has 0 aliphatic carbocycles. The van der Waals surface area contributed by atoms with Crippen LogP contribution in [0.1, 0.15) is 18.2 Å². The van der Waals surface area contributed by atoms with Gasteiger partial charge in [-0.05, 0) is 6.92 Å². The van der Waals surface area contributed by atoms with E-state index in [0.29, 0.717) is 0 Å². The Kier molecular flexibility index (Phi) is 2.92. The van der Waals surface area contributed by atoms with E-state index >= 15 is 0 Å². The average Bonchev–Trinajstić information content (AvgIpc) is 2.31. The molecule has 0 aromatic carbocycles. The minimum absolute atomic E-state index is 0.0116. The van der Waals surface area contributed by atoms with Gasteiger partial charge in [0.25, 0.3) is 0 Å². The van der Waals surface area contributed by atoms with Crippen molar-refractivity contribution in [3.63, 3.8) is 0 Å². The van der Waals surface area contributed by atoms with Crippen LogP contribution in [0, 0.1) is 0 Å². The van der Waals surface area contributed by atoms with Crippen LogP contribution in [-0.4, -0.2) is 26.9 Å². The molecule has 1 rings (SSSR count). The molecule has 0 saturated carbocycles. The number of rotatable bonds is 2. The molecule has 1 aromatic heterocycles. The van der Waals surface area contributed by atoms with Gasteiger partial charge in [0, 0.05) is 12.5 Å². The zero-order chi connectivity index (χ0) is 10.1. The Bertz CT molecular complexity index is 398.